The Morgan fingerprint density at radius 3 is 2.63 bits per heavy atom. The normalized spacial score (nSPS) is 22.3. The maximum atomic E-state index is 6.31. The van der Waals surface area contributed by atoms with Gasteiger partial charge in [-0.3, -0.25) is 4.98 Å². The highest BCUT2D eigenvalue weighted by Gasteiger charge is 2.44. The quantitative estimate of drug-likeness (QED) is 0.521. The van der Waals surface area contributed by atoms with Gasteiger partial charge in [-0.15, -0.1) is 0 Å². The Hall–Kier alpha value is -2.37. The Morgan fingerprint density at radius 1 is 1.00 bits per heavy atom. The van der Waals surface area contributed by atoms with Crippen LogP contribution in [0.4, 0.5) is 0 Å². The third-order valence-corrected chi connectivity index (χ3v) is 6.84. The molecule has 4 nitrogen and oxygen atoms in total. The molecule has 0 bridgehead atoms. The van der Waals surface area contributed by atoms with E-state index in [2.05, 4.69) is 50.2 Å². The zero-order chi connectivity index (χ0) is 20.5. The van der Waals surface area contributed by atoms with Crippen molar-refractivity contribution in [2.75, 3.05) is 0 Å². The van der Waals surface area contributed by atoms with Crippen LogP contribution in [0.2, 0.25) is 5.02 Å². The Bertz CT molecular complexity index is 1030. The molecule has 2 atom stereocenters. The van der Waals surface area contributed by atoms with Gasteiger partial charge in [0.25, 0.3) is 0 Å². The summed E-state index contributed by atoms with van der Waals surface area (Å²) in [6.07, 6.45) is 10.2. The third kappa shape index (κ3) is 3.61. The second-order valence-corrected chi connectivity index (χ2v) is 8.93. The lowest BCUT2D eigenvalue weighted by molar-refractivity contribution is 0.193. The van der Waals surface area contributed by atoms with E-state index in [0.29, 0.717) is 6.04 Å². The summed E-state index contributed by atoms with van der Waals surface area (Å²) in [6, 6.07) is 18.9. The molecule has 30 heavy (non-hydrogen) atoms. The van der Waals surface area contributed by atoms with Gasteiger partial charge in [0.05, 0.1) is 17.8 Å². The number of pyridine rings is 1. The van der Waals surface area contributed by atoms with E-state index in [9.17, 15) is 0 Å². The number of rotatable bonds is 4. The van der Waals surface area contributed by atoms with E-state index in [1.54, 1.807) is 0 Å². The SMILES string of the molecule is S=C1NC(c2ccccn2)C(c2cccn2-c2cccc(Cl)c2)N1C1CCCCC1. The summed E-state index contributed by atoms with van der Waals surface area (Å²) in [5.41, 5.74) is 3.27. The molecule has 3 aromatic rings. The molecule has 1 aromatic carbocycles. The van der Waals surface area contributed by atoms with E-state index in [-0.39, 0.29) is 12.1 Å². The highest BCUT2D eigenvalue weighted by molar-refractivity contribution is 7.80. The number of nitrogens with zero attached hydrogens (tertiary/aromatic N) is 3. The van der Waals surface area contributed by atoms with Crippen LogP contribution in [0.25, 0.3) is 5.69 Å². The Morgan fingerprint density at radius 2 is 1.87 bits per heavy atom. The molecule has 2 aliphatic rings. The molecule has 0 spiro atoms. The fraction of sp³-hybridized carbons (Fsp3) is 0.333. The number of hydrogen-bond acceptors (Lipinski definition) is 2. The first-order chi connectivity index (χ1) is 14.7. The average Bonchev–Trinajstić information content (AvgIpc) is 3.39. The lowest BCUT2D eigenvalue weighted by Crippen LogP contribution is -2.40. The molecule has 154 valence electrons. The van der Waals surface area contributed by atoms with Gasteiger partial charge in [0.1, 0.15) is 0 Å². The van der Waals surface area contributed by atoms with Crippen molar-refractivity contribution in [3.8, 4) is 5.69 Å². The van der Waals surface area contributed by atoms with E-state index in [4.69, 9.17) is 23.8 Å². The summed E-state index contributed by atoms with van der Waals surface area (Å²) in [5.74, 6) is 0. The summed E-state index contributed by atoms with van der Waals surface area (Å²) in [5, 5.41) is 5.17. The molecule has 6 heteroatoms. The first-order valence-electron chi connectivity index (χ1n) is 10.7. The molecule has 2 unspecified atom stereocenters. The molecule has 1 N–H and O–H groups in total. The minimum absolute atomic E-state index is 0.00783. The Balaban J connectivity index is 1.61. The smallest absolute Gasteiger partial charge is 0.170 e. The van der Waals surface area contributed by atoms with Gasteiger partial charge in [-0.2, -0.15) is 0 Å². The average molecular weight is 437 g/mol. The fourth-order valence-electron chi connectivity index (χ4n) is 4.93. The highest BCUT2D eigenvalue weighted by Crippen LogP contribution is 2.43. The number of hydrogen-bond donors (Lipinski definition) is 1. The molecule has 0 radical (unpaired) electrons. The number of aromatic nitrogens is 2. The summed E-state index contributed by atoms with van der Waals surface area (Å²) in [7, 11) is 0. The van der Waals surface area contributed by atoms with E-state index in [1.807, 2.05) is 36.5 Å². The summed E-state index contributed by atoms with van der Waals surface area (Å²) in [6.45, 7) is 0. The summed E-state index contributed by atoms with van der Waals surface area (Å²) >= 11 is 12.2. The number of nitrogens with one attached hydrogen (secondary N) is 1. The Kier molecular flexibility index (Phi) is 5.48. The van der Waals surface area contributed by atoms with Gasteiger partial charge in [-0.25, -0.2) is 0 Å². The zero-order valence-corrected chi connectivity index (χ0v) is 18.3. The fourth-order valence-corrected chi connectivity index (χ4v) is 5.50. The van der Waals surface area contributed by atoms with Crippen molar-refractivity contribution in [1.29, 1.82) is 0 Å². The maximum Gasteiger partial charge on any atom is 0.170 e. The van der Waals surface area contributed by atoms with Gasteiger partial charge in [-0.1, -0.05) is 43.0 Å². The van der Waals surface area contributed by atoms with Crippen LogP contribution in [0.15, 0.2) is 67.0 Å². The number of benzene rings is 1. The van der Waals surface area contributed by atoms with Gasteiger partial charge < -0.3 is 14.8 Å². The Labute approximate surface area is 187 Å². The van der Waals surface area contributed by atoms with Gasteiger partial charge in [0, 0.05) is 34.8 Å². The van der Waals surface area contributed by atoms with Crippen LogP contribution < -0.4 is 5.32 Å². The molecule has 5 rings (SSSR count). The zero-order valence-electron chi connectivity index (χ0n) is 16.7. The molecule has 2 aromatic heterocycles. The predicted molar refractivity (Wildman–Crippen MR) is 125 cm³/mol. The standard InChI is InChI=1S/C24H25ClN4S/c25-17-8-6-11-19(16-17)28-15-7-13-21(28)23-22(20-12-4-5-14-26-20)27-24(30)29(23)18-9-2-1-3-10-18/h4-8,11-16,18,22-23H,1-3,9-10H2,(H,27,30). The molecule has 2 fully saturated rings. The first kappa shape index (κ1) is 19.6. The van der Waals surface area contributed by atoms with E-state index < -0.39 is 0 Å². The van der Waals surface area contributed by atoms with Crippen LogP contribution in [-0.4, -0.2) is 25.6 Å². The van der Waals surface area contributed by atoms with Crippen LogP contribution in [0.1, 0.15) is 55.6 Å². The molecule has 1 aliphatic carbocycles. The van der Waals surface area contributed by atoms with Crippen molar-refractivity contribution in [1.82, 2.24) is 19.8 Å². The summed E-state index contributed by atoms with van der Waals surface area (Å²) in [4.78, 5) is 7.12. The number of thiocarbonyl (C=S) groups is 1. The molecule has 1 saturated carbocycles. The lowest BCUT2D eigenvalue weighted by Gasteiger charge is -2.37. The van der Waals surface area contributed by atoms with Gasteiger partial charge in [-0.05, 0) is 67.5 Å². The largest absolute Gasteiger partial charge is 0.352 e. The van der Waals surface area contributed by atoms with Gasteiger partial charge >= 0.3 is 0 Å². The van der Waals surface area contributed by atoms with Crippen LogP contribution in [0.5, 0.6) is 0 Å². The van der Waals surface area contributed by atoms with Crippen LogP contribution in [0, 0.1) is 0 Å². The summed E-state index contributed by atoms with van der Waals surface area (Å²) < 4.78 is 2.23. The third-order valence-electron chi connectivity index (χ3n) is 6.27. The van der Waals surface area contributed by atoms with Gasteiger partial charge in [0.15, 0.2) is 5.11 Å². The van der Waals surface area contributed by atoms with E-state index >= 15 is 0 Å². The van der Waals surface area contributed by atoms with Crippen molar-refractivity contribution in [2.45, 2.75) is 50.2 Å². The highest BCUT2D eigenvalue weighted by atomic mass is 35.5. The van der Waals surface area contributed by atoms with Crippen LogP contribution in [0.3, 0.4) is 0 Å². The second-order valence-electron chi connectivity index (χ2n) is 8.11. The van der Waals surface area contributed by atoms with E-state index in [1.165, 1.54) is 37.8 Å². The molecule has 1 aliphatic heterocycles. The van der Waals surface area contributed by atoms with Gasteiger partial charge in [0.2, 0.25) is 0 Å². The second kappa shape index (κ2) is 8.40. The molecular formula is C24H25ClN4S. The molecule has 1 saturated heterocycles. The molecular weight excluding hydrogens is 412 g/mol. The van der Waals surface area contributed by atoms with Crippen molar-refractivity contribution in [3.63, 3.8) is 0 Å². The topological polar surface area (TPSA) is 33.1 Å². The molecule has 0 amide bonds. The molecule has 3 heterocycles. The van der Waals surface area contributed by atoms with Crippen molar-refractivity contribution in [3.05, 3.63) is 83.4 Å². The first-order valence-corrected chi connectivity index (χ1v) is 11.4. The van der Waals surface area contributed by atoms with Crippen molar-refractivity contribution >= 4 is 28.9 Å². The lowest BCUT2D eigenvalue weighted by atomic mass is 9.92. The minimum Gasteiger partial charge on any atom is -0.352 e. The number of halogens is 1. The van der Waals surface area contributed by atoms with Crippen molar-refractivity contribution < 1.29 is 0 Å². The van der Waals surface area contributed by atoms with Crippen LogP contribution in [-0.2, 0) is 0 Å². The van der Waals surface area contributed by atoms with Crippen molar-refractivity contribution in [2.24, 2.45) is 0 Å². The predicted octanol–water partition coefficient (Wildman–Crippen LogP) is 5.83. The van der Waals surface area contributed by atoms with E-state index in [0.717, 1.165) is 21.5 Å². The monoisotopic (exact) mass is 436 g/mol. The van der Waals surface area contributed by atoms with Crippen LogP contribution >= 0.6 is 23.8 Å². The maximum absolute atomic E-state index is 6.31. The minimum atomic E-state index is 0.00783.